The van der Waals surface area contributed by atoms with E-state index < -0.39 is 0 Å². The molecular weight excluding hydrogens is 396 g/mol. The Morgan fingerprint density at radius 2 is 1.41 bits per heavy atom. The molecule has 0 radical (unpaired) electrons. The minimum atomic E-state index is -0.302. The first kappa shape index (κ1) is 21.1. The molecule has 0 aliphatic carbocycles. The SMILES string of the molecule is O[C@H]1CN(CC(c2ccccc2)c2ccccc2)C[C@@H]1N1CCN(c2ccccn2)CC1. The van der Waals surface area contributed by atoms with Crippen LogP contribution in [0, 0.1) is 0 Å². The van der Waals surface area contributed by atoms with Gasteiger partial charge in [-0.05, 0) is 23.3 Å². The number of hydrogen-bond donors (Lipinski definition) is 1. The molecule has 32 heavy (non-hydrogen) atoms. The highest BCUT2D eigenvalue weighted by molar-refractivity contribution is 5.38. The van der Waals surface area contributed by atoms with Gasteiger partial charge in [-0.1, -0.05) is 66.7 Å². The number of anilines is 1. The van der Waals surface area contributed by atoms with Gasteiger partial charge < -0.3 is 10.0 Å². The van der Waals surface area contributed by atoms with Gasteiger partial charge in [0.15, 0.2) is 0 Å². The van der Waals surface area contributed by atoms with E-state index in [4.69, 9.17) is 0 Å². The number of benzene rings is 2. The molecule has 166 valence electrons. The molecule has 2 fully saturated rings. The minimum absolute atomic E-state index is 0.202. The van der Waals surface area contributed by atoms with Gasteiger partial charge in [0.2, 0.25) is 0 Å². The fourth-order valence-corrected chi connectivity index (χ4v) is 5.21. The largest absolute Gasteiger partial charge is 0.390 e. The Kier molecular flexibility index (Phi) is 6.49. The molecule has 2 aromatic carbocycles. The predicted octanol–water partition coefficient (Wildman–Crippen LogP) is 3.08. The highest BCUT2D eigenvalue weighted by atomic mass is 16.3. The second-order valence-electron chi connectivity index (χ2n) is 8.94. The van der Waals surface area contributed by atoms with Crippen molar-refractivity contribution in [3.63, 3.8) is 0 Å². The van der Waals surface area contributed by atoms with E-state index in [0.717, 1.165) is 51.6 Å². The summed E-state index contributed by atoms with van der Waals surface area (Å²) in [4.78, 5) is 11.8. The number of hydrogen-bond acceptors (Lipinski definition) is 5. The normalized spacial score (nSPS) is 22.5. The number of rotatable bonds is 6. The summed E-state index contributed by atoms with van der Waals surface area (Å²) in [5, 5.41) is 10.9. The maximum atomic E-state index is 10.9. The summed E-state index contributed by atoms with van der Waals surface area (Å²) >= 11 is 0. The van der Waals surface area contributed by atoms with Crippen molar-refractivity contribution in [3.05, 3.63) is 96.2 Å². The van der Waals surface area contributed by atoms with E-state index in [9.17, 15) is 5.11 Å². The van der Waals surface area contributed by atoms with Gasteiger partial charge >= 0.3 is 0 Å². The lowest BCUT2D eigenvalue weighted by molar-refractivity contribution is 0.0790. The van der Waals surface area contributed by atoms with E-state index in [1.165, 1.54) is 11.1 Å². The number of aliphatic hydroxyl groups is 1. The molecule has 0 amide bonds. The molecule has 2 aliphatic heterocycles. The zero-order valence-corrected chi connectivity index (χ0v) is 18.5. The van der Waals surface area contributed by atoms with Gasteiger partial charge in [-0.25, -0.2) is 4.98 Å². The first-order chi connectivity index (χ1) is 15.8. The Labute approximate surface area is 190 Å². The van der Waals surface area contributed by atoms with Crippen molar-refractivity contribution in [1.82, 2.24) is 14.8 Å². The summed E-state index contributed by atoms with van der Waals surface area (Å²) in [7, 11) is 0. The van der Waals surface area contributed by atoms with Crippen LogP contribution in [0.5, 0.6) is 0 Å². The lowest BCUT2D eigenvalue weighted by atomic mass is 9.91. The van der Waals surface area contributed by atoms with Crippen LogP contribution >= 0.6 is 0 Å². The molecule has 5 nitrogen and oxygen atoms in total. The predicted molar refractivity (Wildman–Crippen MR) is 129 cm³/mol. The van der Waals surface area contributed by atoms with Crippen LogP contribution in [-0.4, -0.2) is 77.8 Å². The number of likely N-dealkylation sites (tertiary alicyclic amines) is 1. The first-order valence-electron chi connectivity index (χ1n) is 11.7. The number of pyridine rings is 1. The Hall–Kier alpha value is -2.73. The Morgan fingerprint density at radius 3 is 2.00 bits per heavy atom. The standard InChI is InChI=1S/C27H32N4O/c32-26-21-29(19-24(22-9-3-1-4-10-22)23-11-5-2-6-12-23)20-25(26)30-15-17-31(18-16-30)27-13-7-8-14-28-27/h1-14,24-26,32H,15-21H2/t25-,26-/m0/s1. The van der Waals surface area contributed by atoms with Crippen molar-refractivity contribution in [2.24, 2.45) is 0 Å². The van der Waals surface area contributed by atoms with Gasteiger partial charge in [-0.2, -0.15) is 0 Å². The second kappa shape index (κ2) is 9.82. The molecule has 1 aromatic heterocycles. The Morgan fingerprint density at radius 1 is 0.781 bits per heavy atom. The summed E-state index contributed by atoms with van der Waals surface area (Å²) in [6, 6.07) is 27.8. The smallest absolute Gasteiger partial charge is 0.128 e. The van der Waals surface area contributed by atoms with Crippen LogP contribution < -0.4 is 4.90 Å². The molecule has 2 saturated heterocycles. The van der Waals surface area contributed by atoms with Crippen molar-refractivity contribution in [2.45, 2.75) is 18.1 Å². The monoisotopic (exact) mass is 428 g/mol. The number of β-amino-alcohol motifs (C(OH)–C–C–N with tert-alkyl or cyclic N) is 1. The lowest BCUT2D eigenvalue weighted by Gasteiger charge is -2.39. The number of piperazine rings is 1. The maximum Gasteiger partial charge on any atom is 0.128 e. The molecular formula is C27H32N4O. The zero-order valence-electron chi connectivity index (χ0n) is 18.5. The van der Waals surface area contributed by atoms with Crippen LogP contribution in [0.1, 0.15) is 17.0 Å². The van der Waals surface area contributed by atoms with E-state index in [2.05, 4.69) is 86.4 Å². The van der Waals surface area contributed by atoms with Gasteiger partial charge in [0.1, 0.15) is 5.82 Å². The van der Waals surface area contributed by atoms with Crippen LogP contribution in [0.4, 0.5) is 5.82 Å². The van der Waals surface area contributed by atoms with E-state index in [-0.39, 0.29) is 12.1 Å². The van der Waals surface area contributed by atoms with Gasteiger partial charge in [0.05, 0.1) is 6.10 Å². The fourth-order valence-electron chi connectivity index (χ4n) is 5.21. The highest BCUT2D eigenvalue weighted by Crippen LogP contribution is 2.28. The molecule has 0 bridgehead atoms. The van der Waals surface area contributed by atoms with Crippen LogP contribution in [0.3, 0.4) is 0 Å². The summed E-state index contributed by atoms with van der Waals surface area (Å²) in [6.45, 7) is 6.42. The third kappa shape index (κ3) is 4.70. The molecule has 0 unspecified atom stereocenters. The van der Waals surface area contributed by atoms with Crippen molar-refractivity contribution in [3.8, 4) is 0 Å². The van der Waals surface area contributed by atoms with E-state index in [1.807, 2.05) is 18.3 Å². The zero-order chi connectivity index (χ0) is 21.8. The van der Waals surface area contributed by atoms with Gasteiger partial charge in [-0.3, -0.25) is 9.80 Å². The van der Waals surface area contributed by atoms with E-state index >= 15 is 0 Å². The minimum Gasteiger partial charge on any atom is -0.390 e. The van der Waals surface area contributed by atoms with Crippen LogP contribution in [0.15, 0.2) is 85.1 Å². The summed E-state index contributed by atoms with van der Waals surface area (Å²) in [5.41, 5.74) is 2.67. The summed E-state index contributed by atoms with van der Waals surface area (Å²) in [5.74, 6) is 1.36. The van der Waals surface area contributed by atoms with Crippen LogP contribution in [0.2, 0.25) is 0 Å². The van der Waals surface area contributed by atoms with Crippen LogP contribution in [-0.2, 0) is 0 Å². The molecule has 3 heterocycles. The quantitative estimate of drug-likeness (QED) is 0.654. The van der Waals surface area contributed by atoms with Gasteiger partial charge in [-0.15, -0.1) is 0 Å². The van der Waals surface area contributed by atoms with E-state index in [0.29, 0.717) is 5.92 Å². The second-order valence-corrected chi connectivity index (χ2v) is 8.94. The lowest BCUT2D eigenvalue weighted by Crippen LogP contribution is -2.54. The van der Waals surface area contributed by atoms with Crippen molar-refractivity contribution < 1.29 is 5.11 Å². The average Bonchev–Trinajstić information content (AvgIpc) is 3.24. The molecule has 1 N–H and O–H groups in total. The first-order valence-corrected chi connectivity index (χ1v) is 11.7. The molecule has 5 heteroatoms. The van der Waals surface area contributed by atoms with Crippen molar-refractivity contribution in [2.75, 3.05) is 50.7 Å². The molecule has 3 aromatic rings. The number of aromatic nitrogens is 1. The molecule has 2 atom stereocenters. The van der Waals surface area contributed by atoms with Crippen molar-refractivity contribution >= 4 is 5.82 Å². The topological polar surface area (TPSA) is 42.8 Å². The van der Waals surface area contributed by atoms with Gasteiger partial charge in [0.25, 0.3) is 0 Å². The van der Waals surface area contributed by atoms with Crippen molar-refractivity contribution in [1.29, 1.82) is 0 Å². The average molecular weight is 429 g/mol. The van der Waals surface area contributed by atoms with Crippen LogP contribution in [0.25, 0.3) is 0 Å². The number of aliphatic hydroxyl groups excluding tert-OH is 1. The summed E-state index contributed by atoms with van der Waals surface area (Å²) < 4.78 is 0. The van der Waals surface area contributed by atoms with Gasteiger partial charge in [0, 0.05) is 64.0 Å². The third-order valence-corrected chi connectivity index (χ3v) is 6.94. The molecule has 5 rings (SSSR count). The fraction of sp³-hybridized carbons (Fsp3) is 0.370. The number of nitrogens with zero attached hydrogens (tertiary/aromatic N) is 4. The highest BCUT2D eigenvalue weighted by Gasteiger charge is 2.37. The molecule has 0 spiro atoms. The maximum absolute atomic E-state index is 10.9. The Balaban J connectivity index is 1.24. The van der Waals surface area contributed by atoms with E-state index in [1.54, 1.807) is 0 Å². The Bertz CT molecular complexity index is 921. The summed E-state index contributed by atoms with van der Waals surface area (Å²) in [6.07, 6.45) is 1.56. The third-order valence-electron chi connectivity index (χ3n) is 6.94. The molecule has 0 saturated carbocycles. The molecule has 2 aliphatic rings.